The van der Waals surface area contributed by atoms with E-state index in [-0.39, 0.29) is 16.7 Å². The van der Waals surface area contributed by atoms with Crippen molar-refractivity contribution in [3.8, 4) is 0 Å². The lowest BCUT2D eigenvalue weighted by Gasteiger charge is -2.39. The van der Waals surface area contributed by atoms with Crippen molar-refractivity contribution in [3.63, 3.8) is 0 Å². The largest absolute Gasteiger partial charge is 0.355 e. The van der Waals surface area contributed by atoms with Gasteiger partial charge in [-0.1, -0.05) is 0 Å². The summed E-state index contributed by atoms with van der Waals surface area (Å²) in [6.45, 7) is 0.933. The Balaban J connectivity index is 1.95. The number of amides is 2. The van der Waals surface area contributed by atoms with Gasteiger partial charge in [0.1, 0.15) is 5.54 Å². The lowest BCUT2D eigenvalue weighted by atomic mass is 9.88. The highest BCUT2D eigenvalue weighted by molar-refractivity contribution is 7.89. The number of nitrogens with one attached hydrogen (secondary N) is 2. The van der Waals surface area contributed by atoms with Crippen LogP contribution < -0.4 is 10.6 Å². The predicted molar refractivity (Wildman–Crippen MR) is 87.9 cm³/mol. The van der Waals surface area contributed by atoms with Crippen molar-refractivity contribution in [1.29, 1.82) is 0 Å². The van der Waals surface area contributed by atoms with Gasteiger partial charge in [0.15, 0.2) is 0 Å². The van der Waals surface area contributed by atoms with Gasteiger partial charge < -0.3 is 10.6 Å². The zero-order chi connectivity index (χ0) is 17.4. The summed E-state index contributed by atoms with van der Waals surface area (Å²) in [6, 6.07) is 5.81. The lowest BCUT2D eigenvalue weighted by Crippen LogP contribution is -2.60. The summed E-state index contributed by atoms with van der Waals surface area (Å²) in [4.78, 5) is 24.1. The van der Waals surface area contributed by atoms with Crippen LogP contribution in [0.4, 0.5) is 0 Å². The summed E-state index contributed by atoms with van der Waals surface area (Å²) in [6.07, 6.45) is 2.54. The second-order valence-electron chi connectivity index (χ2n) is 6.18. The van der Waals surface area contributed by atoms with Crippen molar-refractivity contribution in [1.82, 2.24) is 14.9 Å². The minimum atomic E-state index is -3.79. The van der Waals surface area contributed by atoms with Gasteiger partial charge in [-0.15, -0.1) is 0 Å². The van der Waals surface area contributed by atoms with Gasteiger partial charge in [-0.2, -0.15) is 4.31 Å². The minimum absolute atomic E-state index is 0.106. The average molecular weight is 351 g/mol. The van der Waals surface area contributed by atoms with Gasteiger partial charge in [-0.3, -0.25) is 9.59 Å². The molecule has 0 bridgehead atoms. The van der Waals surface area contributed by atoms with E-state index >= 15 is 0 Å². The van der Waals surface area contributed by atoms with Crippen LogP contribution in [0.2, 0.25) is 0 Å². The van der Waals surface area contributed by atoms with Crippen LogP contribution in [0.5, 0.6) is 0 Å². The fraction of sp³-hybridized carbons (Fsp3) is 0.500. The molecule has 2 fully saturated rings. The molecular weight excluding hydrogens is 330 g/mol. The SMILES string of the molecule is CNC(=O)c1ccc(S(=O)(=O)N2CCCC23CCCNC3=O)cc1. The second kappa shape index (κ2) is 6.18. The maximum absolute atomic E-state index is 13.0. The Kier molecular flexibility index (Phi) is 4.35. The zero-order valence-electron chi connectivity index (χ0n) is 13.5. The van der Waals surface area contributed by atoms with Gasteiger partial charge in [-0.25, -0.2) is 8.42 Å². The quantitative estimate of drug-likeness (QED) is 0.828. The standard InChI is InChI=1S/C16H21N3O4S/c1-17-14(20)12-4-6-13(7-5-12)24(22,23)19-11-3-9-16(19)8-2-10-18-15(16)21/h4-7H,2-3,8-11H2,1H3,(H,17,20)(H,18,21). The van der Waals surface area contributed by atoms with Gasteiger partial charge in [0.2, 0.25) is 15.9 Å². The molecule has 3 rings (SSSR count). The lowest BCUT2D eigenvalue weighted by molar-refractivity contribution is -0.131. The molecule has 7 nitrogen and oxygen atoms in total. The van der Waals surface area contributed by atoms with Gasteiger partial charge in [0, 0.05) is 25.7 Å². The molecule has 1 aromatic rings. The van der Waals surface area contributed by atoms with Crippen molar-refractivity contribution in [2.24, 2.45) is 0 Å². The summed E-state index contributed by atoms with van der Waals surface area (Å²) in [5.74, 6) is -0.472. The number of nitrogens with zero attached hydrogens (tertiary/aromatic N) is 1. The zero-order valence-corrected chi connectivity index (χ0v) is 14.4. The Morgan fingerprint density at radius 1 is 1.21 bits per heavy atom. The normalized spacial score (nSPS) is 24.8. The van der Waals surface area contributed by atoms with Gasteiger partial charge in [-0.05, 0) is 49.9 Å². The summed E-state index contributed by atoms with van der Waals surface area (Å²) in [7, 11) is -2.27. The van der Waals surface area contributed by atoms with Crippen LogP contribution >= 0.6 is 0 Å². The molecule has 2 saturated heterocycles. The third-order valence-corrected chi connectivity index (χ3v) is 6.82. The number of rotatable bonds is 3. The molecule has 0 saturated carbocycles. The van der Waals surface area contributed by atoms with Gasteiger partial charge in [0.05, 0.1) is 4.90 Å². The van der Waals surface area contributed by atoms with Crippen LogP contribution in [0.25, 0.3) is 0 Å². The van der Waals surface area contributed by atoms with Crippen molar-refractivity contribution < 1.29 is 18.0 Å². The topological polar surface area (TPSA) is 95.6 Å². The molecule has 2 heterocycles. The first-order valence-electron chi connectivity index (χ1n) is 8.05. The Morgan fingerprint density at radius 3 is 2.50 bits per heavy atom. The van der Waals surface area contributed by atoms with Crippen LogP contribution in [0, 0.1) is 0 Å². The molecule has 2 amide bonds. The van der Waals surface area contributed by atoms with Crippen LogP contribution in [0.15, 0.2) is 29.2 Å². The Hall–Kier alpha value is -1.93. The van der Waals surface area contributed by atoms with Crippen molar-refractivity contribution in [3.05, 3.63) is 29.8 Å². The van der Waals surface area contributed by atoms with Crippen LogP contribution in [0.3, 0.4) is 0 Å². The van der Waals surface area contributed by atoms with E-state index in [9.17, 15) is 18.0 Å². The highest BCUT2D eigenvalue weighted by Gasteiger charge is 2.53. The first-order valence-corrected chi connectivity index (χ1v) is 9.49. The molecule has 1 spiro atoms. The van der Waals surface area contributed by atoms with Crippen molar-refractivity contribution >= 4 is 21.8 Å². The van der Waals surface area contributed by atoms with E-state index in [2.05, 4.69) is 10.6 Å². The Bertz CT molecular complexity index is 760. The monoisotopic (exact) mass is 351 g/mol. The predicted octanol–water partition coefficient (Wildman–Crippen LogP) is 0.480. The number of hydrogen-bond donors (Lipinski definition) is 2. The van der Waals surface area contributed by atoms with E-state index < -0.39 is 15.6 Å². The van der Waals surface area contributed by atoms with Crippen LogP contribution in [-0.4, -0.2) is 50.2 Å². The number of piperidine rings is 1. The first-order chi connectivity index (χ1) is 11.4. The van der Waals surface area contributed by atoms with Crippen molar-refractivity contribution in [2.75, 3.05) is 20.1 Å². The first kappa shape index (κ1) is 16.9. The summed E-state index contributed by atoms with van der Waals surface area (Å²) >= 11 is 0. The molecule has 24 heavy (non-hydrogen) atoms. The van der Waals surface area contributed by atoms with E-state index in [0.29, 0.717) is 37.9 Å². The van der Waals surface area contributed by atoms with E-state index in [0.717, 1.165) is 6.42 Å². The van der Waals surface area contributed by atoms with Crippen LogP contribution in [-0.2, 0) is 14.8 Å². The fourth-order valence-electron chi connectivity index (χ4n) is 3.59. The van der Waals surface area contributed by atoms with Gasteiger partial charge >= 0.3 is 0 Å². The van der Waals surface area contributed by atoms with Crippen LogP contribution in [0.1, 0.15) is 36.0 Å². The van der Waals surface area contributed by atoms with E-state index in [1.54, 1.807) is 0 Å². The van der Waals surface area contributed by atoms with E-state index in [4.69, 9.17) is 0 Å². The molecule has 0 aromatic heterocycles. The minimum Gasteiger partial charge on any atom is -0.355 e. The number of benzene rings is 1. The highest BCUT2D eigenvalue weighted by atomic mass is 32.2. The molecule has 2 aliphatic rings. The molecule has 2 N–H and O–H groups in total. The highest BCUT2D eigenvalue weighted by Crippen LogP contribution is 2.39. The maximum Gasteiger partial charge on any atom is 0.251 e. The second-order valence-corrected chi connectivity index (χ2v) is 8.04. The van der Waals surface area contributed by atoms with Gasteiger partial charge in [0.25, 0.3) is 5.91 Å². The molecule has 1 atom stereocenters. The smallest absolute Gasteiger partial charge is 0.251 e. The molecule has 1 aromatic carbocycles. The third kappa shape index (κ3) is 2.59. The fourth-order valence-corrected chi connectivity index (χ4v) is 5.42. The molecule has 0 radical (unpaired) electrons. The Labute approximate surface area is 141 Å². The molecular formula is C16H21N3O4S. The van der Waals surface area contributed by atoms with Crippen molar-refractivity contribution in [2.45, 2.75) is 36.1 Å². The molecule has 130 valence electrons. The van der Waals surface area contributed by atoms with E-state index in [1.807, 2.05) is 0 Å². The molecule has 8 heteroatoms. The number of carbonyl (C=O) groups excluding carboxylic acids is 2. The molecule has 1 unspecified atom stereocenters. The Morgan fingerprint density at radius 2 is 1.88 bits per heavy atom. The number of sulfonamides is 1. The average Bonchev–Trinajstić information content (AvgIpc) is 3.02. The summed E-state index contributed by atoms with van der Waals surface area (Å²) in [5, 5.41) is 5.30. The number of hydrogen-bond acceptors (Lipinski definition) is 4. The maximum atomic E-state index is 13.0. The summed E-state index contributed by atoms with van der Waals surface area (Å²) < 4.78 is 27.4. The summed E-state index contributed by atoms with van der Waals surface area (Å²) in [5.41, 5.74) is -0.570. The molecule has 0 aliphatic carbocycles. The number of carbonyl (C=O) groups is 2. The third-order valence-electron chi connectivity index (χ3n) is 4.84. The van der Waals surface area contributed by atoms with E-state index in [1.165, 1.54) is 35.6 Å². The molecule has 2 aliphatic heterocycles.